The second kappa shape index (κ2) is 32.9. The Kier molecular flexibility index (Phi) is 32.3. The SMILES string of the molecule is CCCCCCCC(O)(CCCCCCC)C(O)(CCCCCCC)C(=O)OC(=O)C(O)(CCCCCCC)C(O)(CCCCCCC)CCCCCCC. The van der Waals surface area contributed by atoms with Crippen LogP contribution in [0.1, 0.15) is 273 Å². The zero-order valence-electron chi connectivity index (χ0n) is 37.5. The molecule has 0 aromatic heterocycles. The standard InChI is InChI=1S/C48H94O7/c1-7-13-19-25-31-37-45(51,38-32-26-20-14-8-2)47(53,41-35-29-23-17-11-5)43(49)55-44(50)48(54,42-36-30-24-18-12-6)46(52,39-33-27-21-15-9-3)40-34-28-22-16-10-4/h51-54H,7-42H2,1-6H3. The molecule has 0 aromatic carbocycles. The number of ether oxygens (including phenoxy) is 1. The van der Waals surface area contributed by atoms with Gasteiger partial charge in [-0.3, -0.25) is 0 Å². The Morgan fingerprint density at radius 3 is 0.691 bits per heavy atom. The van der Waals surface area contributed by atoms with Crippen molar-refractivity contribution in [1.29, 1.82) is 0 Å². The molecule has 7 nitrogen and oxygen atoms in total. The Morgan fingerprint density at radius 2 is 0.491 bits per heavy atom. The molecule has 0 rings (SSSR count). The number of hydrogen-bond donors (Lipinski definition) is 4. The fraction of sp³-hybridized carbons (Fsp3) is 0.958. The van der Waals surface area contributed by atoms with E-state index in [2.05, 4.69) is 41.5 Å². The Morgan fingerprint density at radius 1 is 0.309 bits per heavy atom. The van der Waals surface area contributed by atoms with Crippen molar-refractivity contribution in [2.45, 2.75) is 295 Å². The third-order valence-electron chi connectivity index (χ3n) is 12.5. The van der Waals surface area contributed by atoms with Gasteiger partial charge >= 0.3 is 11.9 Å². The van der Waals surface area contributed by atoms with E-state index in [4.69, 9.17) is 4.74 Å². The Hall–Kier alpha value is -1.02. The van der Waals surface area contributed by atoms with Crippen LogP contribution in [0.25, 0.3) is 0 Å². The van der Waals surface area contributed by atoms with Crippen molar-refractivity contribution in [3.05, 3.63) is 0 Å². The molecule has 328 valence electrons. The van der Waals surface area contributed by atoms with Gasteiger partial charge in [-0.15, -0.1) is 0 Å². The maximum Gasteiger partial charge on any atom is 0.348 e. The lowest BCUT2D eigenvalue weighted by atomic mass is 9.71. The summed E-state index contributed by atoms with van der Waals surface area (Å²) in [5.74, 6) is -2.34. The van der Waals surface area contributed by atoms with Gasteiger partial charge in [0.25, 0.3) is 0 Å². The van der Waals surface area contributed by atoms with E-state index in [0.29, 0.717) is 38.5 Å². The zero-order valence-corrected chi connectivity index (χ0v) is 37.5. The minimum Gasteiger partial charge on any atom is -0.389 e. The molecule has 7 heteroatoms. The van der Waals surface area contributed by atoms with E-state index in [9.17, 15) is 30.0 Å². The van der Waals surface area contributed by atoms with Crippen LogP contribution in [-0.2, 0) is 14.3 Å². The number of esters is 2. The number of rotatable bonds is 40. The van der Waals surface area contributed by atoms with Crippen molar-refractivity contribution in [1.82, 2.24) is 0 Å². The van der Waals surface area contributed by atoms with Gasteiger partial charge in [-0.25, -0.2) is 9.59 Å². The second-order valence-corrected chi connectivity index (χ2v) is 17.4. The normalized spacial score (nSPS) is 14.5. The summed E-state index contributed by atoms with van der Waals surface area (Å²) < 4.78 is 5.71. The molecule has 0 spiro atoms. The number of carbonyl (C=O) groups is 2. The van der Waals surface area contributed by atoms with Gasteiger partial charge in [0.2, 0.25) is 0 Å². The summed E-state index contributed by atoms with van der Waals surface area (Å²) in [6.07, 6.45) is 28.5. The average molecular weight is 783 g/mol. The van der Waals surface area contributed by atoms with Gasteiger partial charge in [0.05, 0.1) is 0 Å². The first kappa shape index (κ1) is 54.0. The van der Waals surface area contributed by atoms with E-state index in [1.54, 1.807) is 0 Å². The highest BCUT2D eigenvalue weighted by molar-refractivity contribution is 5.95. The van der Waals surface area contributed by atoms with Gasteiger partial charge in [-0.1, -0.05) is 221 Å². The largest absolute Gasteiger partial charge is 0.389 e. The second-order valence-electron chi connectivity index (χ2n) is 17.4. The van der Waals surface area contributed by atoms with Gasteiger partial charge in [-0.05, 0) is 51.4 Å². The lowest BCUT2D eigenvalue weighted by molar-refractivity contribution is -0.223. The summed E-state index contributed by atoms with van der Waals surface area (Å²) in [7, 11) is 0. The van der Waals surface area contributed by atoms with E-state index in [1.165, 1.54) is 0 Å². The van der Waals surface area contributed by atoms with Gasteiger partial charge in [0, 0.05) is 0 Å². The van der Waals surface area contributed by atoms with Crippen molar-refractivity contribution in [3.63, 3.8) is 0 Å². The van der Waals surface area contributed by atoms with Gasteiger partial charge in [0.1, 0.15) is 11.2 Å². The molecule has 0 amide bonds. The molecule has 0 aromatic rings. The van der Waals surface area contributed by atoms with Crippen LogP contribution in [0.3, 0.4) is 0 Å². The zero-order chi connectivity index (χ0) is 41.3. The first-order valence-corrected chi connectivity index (χ1v) is 24.1. The molecule has 0 aliphatic rings. The van der Waals surface area contributed by atoms with E-state index in [-0.39, 0.29) is 38.5 Å². The molecule has 4 N–H and O–H groups in total. The molecular formula is C48H94O7. The Bertz CT molecular complexity index is 822. The van der Waals surface area contributed by atoms with E-state index >= 15 is 0 Å². The van der Waals surface area contributed by atoms with E-state index in [0.717, 1.165) is 154 Å². The smallest absolute Gasteiger partial charge is 0.348 e. The first-order chi connectivity index (χ1) is 26.4. The summed E-state index contributed by atoms with van der Waals surface area (Å²) in [6, 6.07) is 0. The van der Waals surface area contributed by atoms with Gasteiger partial charge in [-0.2, -0.15) is 0 Å². The molecular weight excluding hydrogens is 689 g/mol. The van der Waals surface area contributed by atoms with Gasteiger partial charge < -0.3 is 25.2 Å². The molecule has 55 heavy (non-hydrogen) atoms. The molecule has 0 aliphatic heterocycles. The third-order valence-corrected chi connectivity index (χ3v) is 12.5. The highest BCUT2D eigenvalue weighted by Crippen LogP contribution is 2.42. The molecule has 0 saturated carbocycles. The van der Waals surface area contributed by atoms with Crippen LogP contribution in [0, 0.1) is 0 Å². The minimum atomic E-state index is -2.31. The Balaban J connectivity index is 6.82. The van der Waals surface area contributed by atoms with Crippen LogP contribution in [0.15, 0.2) is 0 Å². The lowest BCUT2D eigenvalue weighted by Gasteiger charge is -2.44. The molecule has 2 unspecified atom stereocenters. The number of hydrogen-bond acceptors (Lipinski definition) is 7. The number of unbranched alkanes of at least 4 members (excludes halogenated alkanes) is 24. The van der Waals surface area contributed by atoms with Crippen LogP contribution in [0.2, 0.25) is 0 Å². The van der Waals surface area contributed by atoms with Crippen LogP contribution in [0.5, 0.6) is 0 Å². The summed E-state index contributed by atoms with van der Waals surface area (Å²) in [6.45, 7) is 12.9. The van der Waals surface area contributed by atoms with E-state index < -0.39 is 34.3 Å². The van der Waals surface area contributed by atoms with Crippen molar-refractivity contribution in [2.75, 3.05) is 0 Å². The lowest BCUT2D eigenvalue weighted by Crippen LogP contribution is -2.64. The molecule has 0 heterocycles. The predicted molar refractivity (Wildman–Crippen MR) is 231 cm³/mol. The molecule has 2 atom stereocenters. The van der Waals surface area contributed by atoms with Crippen molar-refractivity contribution >= 4 is 11.9 Å². The minimum absolute atomic E-state index is 0.0161. The van der Waals surface area contributed by atoms with Crippen molar-refractivity contribution in [2.24, 2.45) is 0 Å². The maximum atomic E-state index is 14.5. The summed E-state index contributed by atoms with van der Waals surface area (Å²) in [5, 5.41) is 50.2. The first-order valence-electron chi connectivity index (χ1n) is 24.1. The summed E-state index contributed by atoms with van der Waals surface area (Å²) in [4.78, 5) is 29.0. The maximum absolute atomic E-state index is 14.5. The van der Waals surface area contributed by atoms with Crippen LogP contribution >= 0.6 is 0 Å². The van der Waals surface area contributed by atoms with Gasteiger partial charge in [0.15, 0.2) is 11.2 Å². The topological polar surface area (TPSA) is 124 Å². The van der Waals surface area contributed by atoms with E-state index in [1.807, 2.05) is 0 Å². The third kappa shape index (κ3) is 21.0. The van der Waals surface area contributed by atoms with Crippen molar-refractivity contribution < 1.29 is 34.8 Å². The highest BCUT2D eigenvalue weighted by atomic mass is 16.6. The fourth-order valence-electron chi connectivity index (χ4n) is 8.43. The molecule has 0 aliphatic carbocycles. The fourth-order valence-corrected chi connectivity index (χ4v) is 8.43. The summed E-state index contributed by atoms with van der Waals surface area (Å²) in [5.41, 5.74) is -8.18. The molecule has 0 fully saturated rings. The van der Waals surface area contributed by atoms with Crippen molar-refractivity contribution in [3.8, 4) is 0 Å². The highest BCUT2D eigenvalue weighted by Gasteiger charge is 2.59. The molecule has 0 bridgehead atoms. The van der Waals surface area contributed by atoms with Crippen LogP contribution < -0.4 is 0 Å². The summed E-state index contributed by atoms with van der Waals surface area (Å²) >= 11 is 0. The molecule has 0 radical (unpaired) electrons. The Labute approximate surface area is 341 Å². The number of carbonyl (C=O) groups excluding carboxylic acids is 2. The van der Waals surface area contributed by atoms with Crippen LogP contribution in [-0.4, -0.2) is 54.8 Å². The van der Waals surface area contributed by atoms with Crippen LogP contribution in [0.4, 0.5) is 0 Å². The average Bonchev–Trinajstić information content (AvgIpc) is 3.17. The molecule has 0 saturated heterocycles. The monoisotopic (exact) mass is 783 g/mol. The number of aliphatic hydroxyl groups is 4. The predicted octanol–water partition coefficient (Wildman–Crippen LogP) is 13.1. The quantitative estimate of drug-likeness (QED) is 0.0277.